The van der Waals surface area contributed by atoms with E-state index in [1.807, 2.05) is 19.1 Å². The van der Waals surface area contributed by atoms with E-state index < -0.39 is 10.0 Å². The maximum atomic E-state index is 12.0. The molecule has 2 aromatic carbocycles. The van der Waals surface area contributed by atoms with Gasteiger partial charge >= 0.3 is 0 Å². The highest BCUT2D eigenvalue weighted by Gasteiger charge is 2.11. The van der Waals surface area contributed by atoms with Crippen LogP contribution in [0.2, 0.25) is 5.02 Å². The molecule has 0 aliphatic heterocycles. The number of halogens is 1. The Kier molecular flexibility index (Phi) is 5.58. The van der Waals surface area contributed by atoms with Crippen molar-refractivity contribution in [2.24, 2.45) is 0 Å². The van der Waals surface area contributed by atoms with Crippen molar-refractivity contribution in [2.75, 3.05) is 6.54 Å². The zero-order valence-electron chi connectivity index (χ0n) is 12.1. The molecule has 0 aromatic heterocycles. The molecule has 0 atom stereocenters. The minimum atomic E-state index is -3.48. The first kappa shape index (κ1) is 16.5. The molecule has 22 heavy (non-hydrogen) atoms. The maximum absolute atomic E-state index is 12.0. The number of nitrogens with one attached hydrogen (secondary N) is 1. The van der Waals surface area contributed by atoms with Crippen molar-refractivity contribution in [2.45, 2.75) is 11.8 Å². The van der Waals surface area contributed by atoms with Gasteiger partial charge in [-0.25, -0.2) is 13.1 Å². The predicted octanol–water partition coefficient (Wildman–Crippen LogP) is 3.80. The van der Waals surface area contributed by atoms with Crippen LogP contribution in [0.25, 0.3) is 6.08 Å². The highest BCUT2D eigenvalue weighted by Crippen LogP contribution is 2.10. The van der Waals surface area contributed by atoms with Gasteiger partial charge in [-0.1, -0.05) is 41.4 Å². The molecule has 0 amide bonds. The van der Waals surface area contributed by atoms with Gasteiger partial charge in [0.1, 0.15) is 0 Å². The van der Waals surface area contributed by atoms with Crippen LogP contribution in [0.1, 0.15) is 11.1 Å². The van der Waals surface area contributed by atoms with Gasteiger partial charge in [0.05, 0.1) is 4.90 Å². The van der Waals surface area contributed by atoms with E-state index in [9.17, 15) is 8.42 Å². The second kappa shape index (κ2) is 7.43. The van der Waals surface area contributed by atoms with Crippen LogP contribution in [-0.2, 0) is 10.0 Å². The molecule has 2 rings (SSSR count). The summed E-state index contributed by atoms with van der Waals surface area (Å²) in [5.74, 6) is 0. The normalized spacial score (nSPS) is 10.8. The standard InChI is InChI=1S/C17H16ClNO2S/c1-14-5-11-17(12-6-14)22(20,21)19-13-3-2-4-15-7-9-16(18)10-8-15/h3-12,19H,13H2,1H3. The summed E-state index contributed by atoms with van der Waals surface area (Å²) in [6.07, 6.45) is 3.39. The van der Waals surface area contributed by atoms with Crippen LogP contribution in [0, 0.1) is 6.92 Å². The van der Waals surface area contributed by atoms with Gasteiger partial charge in [-0.2, -0.15) is 0 Å². The van der Waals surface area contributed by atoms with Crippen molar-refractivity contribution >= 4 is 27.7 Å². The summed E-state index contributed by atoms with van der Waals surface area (Å²) in [4.78, 5) is 0.258. The summed E-state index contributed by atoms with van der Waals surface area (Å²) in [7, 11) is -3.48. The van der Waals surface area contributed by atoms with Crippen LogP contribution in [0.15, 0.2) is 65.2 Å². The number of sulfonamides is 1. The lowest BCUT2D eigenvalue weighted by atomic mass is 10.2. The summed E-state index contributed by atoms with van der Waals surface area (Å²) >= 11 is 5.79. The summed E-state index contributed by atoms with van der Waals surface area (Å²) in [5, 5.41) is 0.673. The Bertz CT molecular complexity index is 788. The molecule has 0 saturated heterocycles. The SMILES string of the molecule is Cc1ccc(S(=O)(=O)NCC=C=Cc2ccc(Cl)cc2)cc1. The molecule has 5 heteroatoms. The molecule has 0 radical (unpaired) electrons. The van der Waals surface area contributed by atoms with Crippen molar-refractivity contribution in [1.82, 2.24) is 4.72 Å². The Morgan fingerprint density at radius 1 is 1.09 bits per heavy atom. The number of aryl methyl sites for hydroxylation is 1. The minimum absolute atomic E-state index is 0.181. The van der Waals surface area contributed by atoms with Gasteiger partial charge in [-0.15, -0.1) is 5.73 Å². The minimum Gasteiger partial charge on any atom is -0.207 e. The summed E-state index contributed by atoms with van der Waals surface area (Å²) in [6, 6.07) is 14.0. The van der Waals surface area contributed by atoms with E-state index in [1.54, 1.807) is 48.6 Å². The van der Waals surface area contributed by atoms with Gasteiger partial charge in [0.25, 0.3) is 0 Å². The van der Waals surface area contributed by atoms with Crippen LogP contribution < -0.4 is 4.72 Å². The average molecular weight is 334 g/mol. The molecule has 0 aliphatic carbocycles. The molecular formula is C17H16ClNO2S. The maximum Gasteiger partial charge on any atom is 0.240 e. The monoisotopic (exact) mass is 333 g/mol. The fraction of sp³-hybridized carbons (Fsp3) is 0.118. The third-order valence-corrected chi connectivity index (χ3v) is 4.64. The molecule has 0 aliphatic rings. The van der Waals surface area contributed by atoms with Crippen molar-refractivity contribution < 1.29 is 8.42 Å². The van der Waals surface area contributed by atoms with Gasteiger partial charge < -0.3 is 0 Å². The fourth-order valence-electron chi connectivity index (χ4n) is 1.73. The van der Waals surface area contributed by atoms with E-state index in [-0.39, 0.29) is 11.4 Å². The molecule has 0 saturated carbocycles. The molecule has 3 nitrogen and oxygen atoms in total. The van der Waals surface area contributed by atoms with Gasteiger partial charge in [0.15, 0.2) is 0 Å². The van der Waals surface area contributed by atoms with Gasteiger partial charge in [-0.05, 0) is 48.9 Å². The average Bonchev–Trinajstić information content (AvgIpc) is 2.49. The molecule has 0 fully saturated rings. The van der Waals surface area contributed by atoms with E-state index in [0.29, 0.717) is 5.02 Å². The number of rotatable bonds is 5. The first-order valence-electron chi connectivity index (χ1n) is 6.70. The zero-order valence-corrected chi connectivity index (χ0v) is 13.7. The Hall–Kier alpha value is -1.84. The Labute approximate surface area is 136 Å². The topological polar surface area (TPSA) is 46.2 Å². The molecule has 0 heterocycles. The Morgan fingerprint density at radius 2 is 1.73 bits per heavy atom. The molecule has 0 bridgehead atoms. The number of hydrogen-bond donors (Lipinski definition) is 1. The lowest BCUT2D eigenvalue weighted by Gasteiger charge is -2.04. The fourth-order valence-corrected chi connectivity index (χ4v) is 2.82. The van der Waals surface area contributed by atoms with Gasteiger partial charge in [0, 0.05) is 11.6 Å². The first-order chi connectivity index (χ1) is 10.5. The molecule has 2 aromatic rings. The van der Waals surface area contributed by atoms with E-state index in [1.165, 1.54) is 0 Å². The molecular weight excluding hydrogens is 318 g/mol. The lowest BCUT2D eigenvalue weighted by Crippen LogP contribution is -2.23. The van der Waals surface area contributed by atoms with Crippen molar-refractivity contribution in [3.63, 3.8) is 0 Å². The van der Waals surface area contributed by atoms with E-state index in [0.717, 1.165) is 11.1 Å². The Balaban J connectivity index is 1.96. The lowest BCUT2D eigenvalue weighted by molar-refractivity contribution is 0.585. The largest absolute Gasteiger partial charge is 0.240 e. The van der Waals surface area contributed by atoms with Crippen LogP contribution in [0.5, 0.6) is 0 Å². The first-order valence-corrected chi connectivity index (χ1v) is 8.56. The second-order valence-electron chi connectivity index (χ2n) is 4.73. The smallest absolute Gasteiger partial charge is 0.207 e. The van der Waals surface area contributed by atoms with Gasteiger partial charge in [0.2, 0.25) is 10.0 Å². The zero-order chi connectivity index (χ0) is 16.0. The van der Waals surface area contributed by atoms with E-state index in [2.05, 4.69) is 10.5 Å². The number of hydrogen-bond acceptors (Lipinski definition) is 2. The molecule has 1 N–H and O–H groups in total. The van der Waals surface area contributed by atoms with Crippen molar-refractivity contribution in [3.05, 3.63) is 76.5 Å². The predicted molar refractivity (Wildman–Crippen MR) is 90.4 cm³/mol. The van der Waals surface area contributed by atoms with Crippen LogP contribution in [-0.4, -0.2) is 15.0 Å². The number of benzene rings is 2. The quantitative estimate of drug-likeness (QED) is 0.846. The van der Waals surface area contributed by atoms with Crippen molar-refractivity contribution in [3.8, 4) is 0 Å². The summed E-state index contributed by atoms with van der Waals surface area (Å²) < 4.78 is 26.6. The molecule has 0 spiro atoms. The van der Waals surface area contributed by atoms with Gasteiger partial charge in [-0.3, -0.25) is 0 Å². The summed E-state index contributed by atoms with van der Waals surface area (Å²) in [5.41, 5.74) is 4.90. The van der Waals surface area contributed by atoms with Crippen LogP contribution in [0.3, 0.4) is 0 Å². The van der Waals surface area contributed by atoms with Crippen LogP contribution >= 0.6 is 11.6 Å². The second-order valence-corrected chi connectivity index (χ2v) is 6.94. The highest BCUT2D eigenvalue weighted by molar-refractivity contribution is 7.89. The summed E-state index contributed by atoms with van der Waals surface area (Å²) in [6.45, 7) is 2.09. The molecule has 0 unspecified atom stereocenters. The third-order valence-electron chi connectivity index (χ3n) is 2.94. The van der Waals surface area contributed by atoms with E-state index >= 15 is 0 Å². The van der Waals surface area contributed by atoms with Crippen LogP contribution in [0.4, 0.5) is 0 Å². The highest BCUT2D eigenvalue weighted by atomic mass is 35.5. The molecule has 114 valence electrons. The Morgan fingerprint density at radius 3 is 2.36 bits per heavy atom. The third kappa shape index (κ3) is 4.86. The van der Waals surface area contributed by atoms with E-state index in [4.69, 9.17) is 11.6 Å². The van der Waals surface area contributed by atoms with Crippen molar-refractivity contribution in [1.29, 1.82) is 0 Å².